The van der Waals surface area contributed by atoms with Crippen molar-refractivity contribution in [3.05, 3.63) is 28.8 Å². The predicted octanol–water partition coefficient (Wildman–Crippen LogP) is 3.17. The lowest BCUT2D eigenvalue weighted by Gasteiger charge is -2.20. The standard InChI is InChI=1S/C12H16ClNO2/c1-8-4-5-9(6-10(8)13)14-7-12(2,3)11(15)16/h4-6,14H,7H2,1-3H3,(H,15,16). The molecule has 3 nitrogen and oxygen atoms in total. The zero-order valence-corrected chi connectivity index (χ0v) is 10.4. The number of carboxylic acid groups (broad SMARTS) is 1. The first-order valence-corrected chi connectivity index (χ1v) is 5.44. The van der Waals surface area contributed by atoms with Gasteiger partial charge in [0.05, 0.1) is 5.41 Å². The summed E-state index contributed by atoms with van der Waals surface area (Å²) in [5.74, 6) is -0.821. The Morgan fingerprint density at radius 1 is 1.50 bits per heavy atom. The minimum Gasteiger partial charge on any atom is -0.481 e. The number of benzene rings is 1. The molecule has 0 aromatic heterocycles. The molecule has 0 atom stereocenters. The van der Waals surface area contributed by atoms with Crippen LogP contribution in [0.25, 0.3) is 0 Å². The van der Waals surface area contributed by atoms with E-state index in [1.54, 1.807) is 19.9 Å². The van der Waals surface area contributed by atoms with Crippen LogP contribution in [0.2, 0.25) is 5.02 Å². The van der Waals surface area contributed by atoms with Gasteiger partial charge in [-0.05, 0) is 38.5 Å². The van der Waals surface area contributed by atoms with Crippen LogP contribution in [0.5, 0.6) is 0 Å². The number of rotatable bonds is 4. The maximum atomic E-state index is 10.9. The fourth-order valence-electron chi connectivity index (χ4n) is 1.10. The molecule has 2 N–H and O–H groups in total. The van der Waals surface area contributed by atoms with Crippen molar-refractivity contribution in [2.24, 2.45) is 5.41 Å². The van der Waals surface area contributed by atoms with Crippen LogP contribution in [0.15, 0.2) is 18.2 Å². The molecule has 0 amide bonds. The van der Waals surface area contributed by atoms with Crippen LogP contribution in [0, 0.1) is 12.3 Å². The van der Waals surface area contributed by atoms with E-state index in [4.69, 9.17) is 16.7 Å². The van der Waals surface area contributed by atoms with Crippen molar-refractivity contribution in [3.63, 3.8) is 0 Å². The zero-order valence-electron chi connectivity index (χ0n) is 9.67. The highest BCUT2D eigenvalue weighted by molar-refractivity contribution is 6.31. The molecule has 0 spiro atoms. The average molecular weight is 242 g/mol. The molecule has 0 heterocycles. The van der Waals surface area contributed by atoms with Gasteiger partial charge in [0.1, 0.15) is 0 Å². The van der Waals surface area contributed by atoms with E-state index in [2.05, 4.69) is 5.32 Å². The second kappa shape index (κ2) is 4.74. The topological polar surface area (TPSA) is 49.3 Å². The molecule has 88 valence electrons. The van der Waals surface area contributed by atoms with E-state index in [0.29, 0.717) is 11.6 Å². The van der Waals surface area contributed by atoms with Gasteiger partial charge >= 0.3 is 5.97 Å². The Bertz CT molecular complexity index is 402. The third-order valence-electron chi connectivity index (χ3n) is 2.49. The van der Waals surface area contributed by atoms with Gasteiger partial charge in [0, 0.05) is 17.3 Å². The van der Waals surface area contributed by atoms with Crippen molar-refractivity contribution in [1.82, 2.24) is 0 Å². The summed E-state index contributed by atoms with van der Waals surface area (Å²) in [7, 11) is 0. The lowest BCUT2D eigenvalue weighted by Crippen LogP contribution is -2.31. The Hall–Kier alpha value is -1.22. The first-order chi connectivity index (χ1) is 7.33. The summed E-state index contributed by atoms with van der Waals surface area (Å²) in [6.45, 7) is 5.64. The van der Waals surface area contributed by atoms with E-state index in [1.165, 1.54) is 0 Å². The summed E-state index contributed by atoms with van der Waals surface area (Å²) in [4.78, 5) is 10.9. The van der Waals surface area contributed by atoms with Gasteiger partial charge in [-0.15, -0.1) is 0 Å². The number of hydrogen-bond donors (Lipinski definition) is 2. The van der Waals surface area contributed by atoms with E-state index in [9.17, 15) is 4.79 Å². The van der Waals surface area contributed by atoms with Crippen molar-refractivity contribution in [1.29, 1.82) is 0 Å². The molecule has 0 aliphatic heterocycles. The van der Waals surface area contributed by atoms with Crippen molar-refractivity contribution in [2.45, 2.75) is 20.8 Å². The highest BCUT2D eigenvalue weighted by Crippen LogP contribution is 2.22. The first-order valence-electron chi connectivity index (χ1n) is 5.06. The number of aryl methyl sites for hydroxylation is 1. The van der Waals surface area contributed by atoms with Crippen LogP contribution in [0.4, 0.5) is 5.69 Å². The van der Waals surface area contributed by atoms with Crippen LogP contribution in [0.3, 0.4) is 0 Å². The quantitative estimate of drug-likeness (QED) is 0.851. The van der Waals surface area contributed by atoms with Gasteiger partial charge < -0.3 is 10.4 Å². The van der Waals surface area contributed by atoms with Crippen molar-refractivity contribution in [2.75, 3.05) is 11.9 Å². The van der Waals surface area contributed by atoms with Gasteiger partial charge in [-0.3, -0.25) is 4.79 Å². The lowest BCUT2D eigenvalue weighted by molar-refractivity contribution is -0.146. The van der Waals surface area contributed by atoms with E-state index >= 15 is 0 Å². The molecule has 1 rings (SSSR count). The Morgan fingerprint density at radius 2 is 2.12 bits per heavy atom. The molecule has 0 saturated heterocycles. The number of nitrogens with one attached hydrogen (secondary N) is 1. The molecule has 0 aliphatic rings. The number of carboxylic acids is 1. The summed E-state index contributed by atoms with van der Waals surface area (Å²) in [5.41, 5.74) is 1.05. The van der Waals surface area contributed by atoms with Crippen LogP contribution < -0.4 is 5.32 Å². The molecule has 1 aromatic carbocycles. The van der Waals surface area contributed by atoms with Crippen LogP contribution in [0.1, 0.15) is 19.4 Å². The largest absolute Gasteiger partial charge is 0.481 e. The molecule has 0 unspecified atom stereocenters. The second-order valence-corrected chi connectivity index (χ2v) is 4.91. The highest BCUT2D eigenvalue weighted by Gasteiger charge is 2.26. The lowest BCUT2D eigenvalue weighted by atomic mass is 9.94. The smallest absolute Gasteiger partial charge is 0.310 e. The summed E-state index contributed by atoms with van der Waals surface area (Å²) in [6, 6.07) is 5.59. The summed E-state index contributed by atoms with van der Waals surface area (Å²) >= 11 is 5.97. The van der Waals surface area contributed by atoms with Crippen LogP contribution in [-0.2, 0) is 4.79 Å². The van der Waals surface area contributed by atoms with E-state index < -0.39 is 11.4 Å². The fraction of sp³-hybridized carbons (Fsp3) is 0.417. The third-order valence-corrected chi connectivity index (χ3v) is 2.89. The monoisotopic (exact) mass is 241 g/mol. The molecular weight excluding hydrogens is 226 g/mol. The Balaban J connectivity index is 2.68. The Morgan fingerprint density at radius 3 is 2.62 bits per heavy atom. The average Bonchev–Trinajstić information content (AvgIpc) is 2.20. The van der Waals surface area contributed by atoms with Crippen molar-refractivity contribution < 1.29 is 9.90 Å². The third kappa shape index (κ3) is 3.14. The van der Waals surface area contributed by atoms with Gasteiger partial charge in [-0.25, -0.2) is 0 Å². The first kappa shape index (κ1) is 12.8. The molecule has 0 fully saturated rings. The normalized spacial score (nSPS) is 11.2. The SMILES string of the molecule is Cc1ccc(NCC(C)(C)C(=O)O)cc1Cl. The van der Waals surface area contributed by atoms with Gasteiger partial charge in [0.25, 0.3) is 0 Å². The number of hydrogen-bond acceptors (Lipinski definition) is 2. The molecule has 4 heteroatoms. The maximum Gasteiger partial charge on any atom is 0.310 e. The molecular formula is C12H16ClNO2. The fourth-order valence-corrected chi connectivity index (χ4v) is 1.28. The van der Waals surface area contributed by atoms with Crippen molar-refractivity contribution in [3.8, 4) is 0 Å². The molecule has 0 saturated carbocycles. The summed E-state index contributed by atoms with van der Waals surface area (Å²) in [5, 5.41) is 12.7. The summed E-state index contributed by atoms with van der Waals surface area (Å²) < 4.78 is 0. The zero-order chi connectivity index (χ0) is 12.3. The van der Waals surface area contributed by atoms with E-state index in [1.807, 2.05) is 19.1 Å². The molecule has 0 bridgehead atoms. The molecule has 1 aromatic rings. The number of aliphatic carboxylic acids is 1. The van der Waals surface area contributed by atoms with Gasteiger partial charge in [0.15, 0.2) is 0 Å². The van der Waals surface area contributed by atoms with Crippen LogP contribution in [-0.4, -0.2) is 17.6 Å². The summed E-state index contributed by atoms with van der Waals surface area (Å²) in [6.07, 6.45) is 0. The van der Waals surface area contributed by atoms with Gasteiger partial charge in [0.2, 0.25) is 0 Å². The van der Waals surface area contributed by atoms with Gasteiger partial charge in [-0.1, -0.05) is 17.7 Å². The van der Waals surface area contributed by atoms with Crippen molar-refractivity contribution >= 4 is 23.3 Å². The predicted molar refractivity (Wildman–Crippen MR) is 66.1 cm³/mol. The Labute approximate surface area is 100 Å². The number of anilines is 1. The maximum absolute atomic E-state index is 10.9. The molecule has 0 aliphatic carbocycles. The number of halogens is 1. The minimum absolute atomic E-state index is 0.363. The van der Waals surface area contributed by atoms with Gasteiger partial charge in [-0.2, -0.15) is 0 Å². The van der Waals surface area contributed by atoms with E-state index in [0.717, 1.165) is 11.3 Å². The molecule has 0 radical (unpaired) electrons. The van der Waals surface area contributed by atoms with E-state index in [-0.39, 0.29) is 0 Å². The molecule has 16 heavy (non-hydrogen) atoms. The number of carbonyl (C=O) groups is 1. The van der Waals surface area contributed by atoms with Crippen LogP contribution >= 0.6 is 11.6 Å². The highest BCUT2D eigenvalue weighted by atomic mass is 35.5. The Kier molecular flexibility index (Phi) is 3.81. The second-order valence-electron chi connectivity index (χ2n) is 4.51. The minimum atomic E-state index is -0.821.